The van der Waals surface area contributed by atoms with Crippen molar-refractivity contribution in [1.29, 1.82) is 0 Å². The largest absolute Gasteiger partial charge is 0.416 e. The number of aliphatic hydroxyl groups is 1. The van der Waals surface area contributed by atoms with Crippen LogP contribution < -0.4 is 0 Å². The van der Waals surface area contributed by atoms with Gasteiger partial charge in [0.1, 0.15) is 0 Å². The van der Waals surface area contributed by atoms with Gasteiger partial charge in [0.05, 0.1) is 23.6 Å². The van der Waals surface area contributed by atoms with E-state index in [9.17, 15) is 13.2 Å². The van der Waals surface area contributed by atoms with Gasteiger partial charge in [0.2, 0.25) is 0 Å². The Morgan fingerprint density at radius 3 is 2.28 bits per heavy atom. The number of aromatic nitrogens is 2. The van der Waals surface area contributed by atoms with Crippen molar-refractivity contribution >= 4 is 0 Å². The Morgan fingerprint density at radius 1 is 1.22 bits per heavy atom. The number of benzene rings is 1. The third-order valence-electron chi connectivity index (χ3n) is 2.61. The smallest absolute Gasteiger partial charge is 0.390 e. The predicted octanol–water partition coefficient (Wildman–Crippen LogP) is 2.69. The van der Waals surface area contributed by atoms with Crippen molar-refractivity contribution < 1.29 is 18.3 Å². The summed E-state index contributed by atoms with van der Waals surface area (Å²) in [5.74, 6) is 0. The quantitative estimate of drug-likeness (QED) is 0.897. The van der Waals surface area contributed by atoms with Crippen LogP contribution in [0.3, 0.4) is 0 Å². The number of nitrogens with zero attached hydrogens (tertiary/aromatic N) is 2. The van der Waals surface area contributed by atoms with Gasteiger partial charge in [-0.2, -0.15) is 18.3 Å². The summed E-state index contributed by atoms with van der Waals surface area (Å²) in [6.07, 6.45) is -2.68. The molecule has 1 N–H and O–H groups in total. The lowest BCUT2D eigenvalue weighted by molar-refractivity contribution is -0.137. The lowest BCUT2D eigenvalue weighted by atomic mass is 10.2. The molecule has 3 nitrogen and oxygen atoms in total. The molecule has 2 rings (SSSR count). The molecule has 1 aromatic heterocycles. The Morgan fingerprint density at radius 2 is 1.83 bits per heavy atom. The molecule has 0 amide bonds. The molecular formula is C12H11F3N2O. The zero-order valence-electron chi connectivity index (χ0n) is 9.57. The summed E-state index contributed by atoms with van der Waals surface area (Å²) in [6.45, 7) is 1.58. The van der Waals surface area contributed by atoms with E-state index in [-0.39, 0.29) is 6.61 Å². The molecular weight excluding hydrogens is 245 g/mol. The fraction of sp³-hybridized carbons (Fsp3) is 0.250. The molecule has 2 aromatic rings. The van der Waals surface area contributed by atoms with Crippen molar-refractivity contribution in [3.8, 4) is 5.69 Å². The van der Waals surface area contributed by atoms with Crippen LogP contribution in [0.2, 0.25) is 0 Å². The number of alkyl halides is 3. The Kier molecular flexibility index (Phi) is 3.13. The molecule has 0 aliphatic rings. The van der Waals surface area contributed by atoms with Crippen LogP contribution in [0.15, 0.2) is 30.5 Å². The third-order valence-corrected chi connectivity index (χ3v) is 2.61. The molecule has 0 spiro atoms. The van der Waals surface area contributed by atoms with E-state index < -0.39 is 11.7 Å². The summed E-state index contributed by atoms with van der Waals surface area (Å²) in [4.78, 5) is 0. The summed E-state index contributed by atoms with van der Waals surface area (Å²) < 4.78 is 38.6. The van der Waals surface area contributed by atoms with E-state index in [1.54, 1.807) is 13.1 Å². The van der Waals surface area contributed by atoms with Crippen LogP contribution in [0.4, 0.5) is 13.2 Å². The molecule has 18 heavy (non-hydrogen) atoms. The molecule has 6 heteroatoms. The molecule has 1 heterocycles. The Labute approximate surface area is 101 Å². The summed E-state index contributed by atoms with van der Waals surface area (Å²) in [6, 6.07) is 4.70. The molecule has 0 saturated heterocycles. The van der Waals surface area contributed by atoms with Crippen LogP contribution >= 0.6 is 0 Å². The van der Waals surface area contributed by atoms with E-state index in [1.165, 1.54) is 16.8 Å². The number of hydrogen-bond donors (Lipinski definition) is 1. The standard InChI is InChI=1S/C12H11F3N2O/c1-8-6-17(16-11(8)7-18)10-4-2-9(3-5-10)12(13,14)15/h2-6,18H,7H2,1H3. The van der Waals surface area contributed by atoms with Gasteiger partial charge in [0.15, 0.2) is 0 Å². The zero-order valence-corrected chi connectivity index (χ0v) is 9.57. The van der Waals surface area contributed by atoms with Crippen LogP contribution in [-0.2, 0) is 12.8 Å². The summed E-state index contributed by atoms with van der Waals surface area (Å²) in [5, 5.41) is 13.1. The number of aryl methyl sites for hydroxylation is 1. The SMILES string of the molecule is Cc1cn(-c2ccc(C(F)(F)F)cc2)nc1CO. The van der Waals surface area contributed by atoms with Crippen LogP contribution in [0, 0.1) is 6.92 Å². The molecule has 0 atom stereocenters. The second-order valence-electron chi connectivity index (χ2n) is 3.91. The highest BCUT2D eigenvalue weighted by molar-refractivity contribution is 5.36. The highest BCUT2D eigenvalue weighted by atomic mass is 19.4. The molecule has 0 aliphatic heterocycles. The lowest BCUT2D eigenvalue weighted by Gasteiger charge is -2.07. The molecule has 1 aromatic carbocycles. The van der Waals surface area contributed by atoms with Gasteiger partial charge in [-0.15, -0.1) is 0 Å². The van der Waals surface area contributed by atoms with E-state index in [2.05, 4.69) is 5.10 Å². The van der Waals surface area contributed by atoms with Crippen LogP contribution in [0.5, 0.6) is 0 Å². The van der Waals surface area contributed by atoms with Gasteiger partial charge in [-0.3, -0.25) is 0 Å². The molecule has 96 valence electrons. The fourth-order valence-electron chi connectivity index (χ4n) is 1.59. The minimum absolute atomic E-state index is 0.195. The van der Waals surface area contributed by atoms with E-state index in [0.29, 0.717) is 11.4 Å². The first-order valence-corrected chi connectivity index (χ1v) is 5.25. The Balaban J connectivity index is 2.34. The third kappa shape index (κ3) is 2.38. The van der Waals surface area contributed by atoms with Gasteiger partial charge in [-0.25, -0.2) is 4.68 Å². The molecule has 0 aliphatic carbocycles. The number of halogens is 3. The van der Waals surface area contributed by atoms with E-state index in [1.807, 2.05) is 0 Å². The van der Waals surface area contributed by atoms with Gasteiger partial charge in [0, 0.05) is 6.20 Å². The normalized spacial score (nSPS) is 11.8. The van der Waals surface area contributed by atoms with E-state index in [4.69, 9.17) is 5.11 Å². The summed E-state index contributed by atoms with van der Waals surface area (Å²) in [5.41, 5.74) is 1.12. The van der Waals surface area contributed by atoms with E-state index in [0.717, 1.165) is 17.7 Å². The Hall–Kier alpha value is -1.82. The van der Waals surface area contributed by atoms with Crippen molar-refractivity contribution in [3.63, 3.8) is 0 Å². The molecule has 0 saturated carbocycles. The predicted molar refractivity (Wildman–Crippen MR) is 59.2 cm³/mol. The second kappa shape index (κ2) is 4.45. The van der Waals surface area contributed by atoms with Crippen molar-refractivity contribution in [3.05, 3.63) is 47.3 Å². The average molecular weight is 256 g/mol. The summed E-state index contributed by atoms with van der Waals surface area (Å²) in [7, 11) is 0. The summed E-state index contributed by atoms with van der Waals surface area (Å²) >= 11 is 0. The lowest BCUT2D eigenvalue weighted by Crippen LogP contribution is -2.05. The first kappa shape index (κ1) is 12.6. The van der Waals surface area contributed by atoms with Crippen LogP contribution in [0.1, 0.15) is 16.8 Å². The van der Waals surface area contributed by atoms with Crippen LogP contribution in [0.25, 0.3) is 5.69 Å². The van der Waals surface area contributed by atoms with Crippen molar-refractivity contribution in [2.24, 2.45) is 0 Å². The average Bonchev–Trinajstić information content (AvgIpc) is 2.69. The number of hydrogen-bond acceptors (Lipinski definition) is 2. The Bertz CT molecular complexity index is 543. The topological polar surface area (TPSA) is 38.0 Å². The maximum absolute atomic E-state index is 12.4. The fourth-order valence-corrected chi connectivity index (χ4v) is 1.59. The highest BCUT2D eigenvalue weighted by Crippen LogP contribution is 2.29. The highest BCUT2D eigenvalue weighted by Gasteiger charge is 2.30. The monoisotopic (exact) mass is 256 g/mol. The minimum atomic E-state index is -4.34. The molecule has 0 radical (unpaired) electrons. The first-order chi connectivity index (χ1) is 8.41. The minimum Gasteiger partial charge on any atom is -0.390 e. The van der Waals surface area contributed by atoms with Crippen molar-refractivity contribution in [1.82, 2.24) is 9.78 Å². The number of rotatable bonds is 2. The zero-order chi connectivity index (χ0) is 13.3. The van der Waals surface area contributed by atoms with Crippen LogP contribution in [-0.4, -0.2) is 14.9 Å². The molecule has 0 bridgehead atoms. The van der Waals surface area contributed by atoms with Gasteiger partial charge in [0.25, 0.3) is 0 Å². The van der Waals surface area contributed by atoms with Crippen molar-refractivity contribution in [2.45, 2.75) is 19.7 Å². The molecule has 0 unspecified atom stereocenters. The van der Waals surface area contributed by atoms with Gasteiger partial charge in [-0.05, 0) is 36.8 Å². The van der Waals surface area contributed by atoms with Crippen molar-refractivity contribution in [2.75, 3.05) is 0 Å². The maximum Gasteiger partial charge on any atom is 0.416 e. The van der Waals surface area contributed by atoms with Gasteiger partial charge in [-0.1, -0.05) is 0 Å². The van der Waals surface area contributed by atoms with Gasteiger partial charge < -0.3 is 5.11 Å². The first-order valence-electron chi connectivity index (χ1n) is 5.25. The number of aliphatic hydroxyl groups excluding tert-OH is 1. The maximum atomic E-state index is 12.4. The second-order valence-corrected chi connectivity index (χ2v) is 3.91. The molecule has 0 fully saturated rings. The van der Waals surface area contributed by atoms with Gasteiger partial charge >= 0.3 is 6.18 Å². The van der Waals surface area contributed by atoms with E-state index >= 15 is 0 Å².